The van der Waals surface area contributed by atoms with E-state index in [1.807, 2.05) is 0 Å². The van der Waals surface area contributed by atoms with E-state index in [0.717, 1.165) is 6.07 Å². The number of carbonyl (C=O) groups is 1. The molecule has 5 heteroatoms. The predicted octanol–water partition coefficient (Wildman–Crippen LogP) is 0.134. The molecule has 1 aromatic rings. The Balaban J connectivity index is 2.83. The summed E-state index contributed by atoms with van der Waals surface area (Å²) in [6.07, 6.45) is 0.233. The van der Waals surface area contributed by atoms with Crippen molar-refractivity contribution in [1.29, 1.82) is 0 Å². The van der Waals surface area contributed by atoms with Crippen LogP contribution in [0, 0.1) is 11.7 Å². The summed E-state index contributed by atoms with van der Waals surface area (Å²) in [5, 5.41) is 9.13. The molecule has 0 aliphatic carbocycles. The smallest absolute Gasteiger partial charge is 0.222 e. The van der Waals surface area contributed by atoms with Gasteiger partial charge in [0.15, 0.2) is 0 Å². The predicted molar refractivity (Wildman–Crippen MR) is 53.5 cm³/mol. The minimum absolute atomic E-state index is 0.104. The first-order valence-corrected chi connectivity index (χ1v) is 4.50. The van der Waals surface area contributed by atoms with Crippen LogP contribution in [0.25, 0.3) is 0 Å². The summed E-state index contributed by atoms with van der Waals surface area (Å²) in [5.41, 5.74) is 10.9. The SMILES string of the molecule is NCC(Cc1cc(O)cc(F)c1)C(N)=O. The number of rotatable bonds is 4. The molecule has 0 aliphatic rings. The van der Waals surface area contributed by atoms with Gasteiger partial charge in [0.2, 0.25) is 5.91 Å². The molecule has 15 heavy (non-hydrogen) atoms. The van der Waals surface area contributed by atoms with Gasteiger partial charge in [-0.05, 0) is 24.1 Å². The van der Waals surface area contributed by atoms with E-state index >= 15 is 0 Å². The van der Waals surface area contributed by atoms with Crippen LogP contribution in [0.2, 0.25) is 0 Å². The number of benzene rings is 1. The highest BCUT2D eigenvalue weighted by molar-refractivity contribution is 5.77. The third kappa shape index (κ3) is 3.21. The number of aromatic hydroxyl groups is 1. The molecule has 0 bridgehead atoms. The Kier molecular flexibility index (Phi) is 3.62. The summed E-state index contributed by atoms with van der Waals surface area (Å²) < 4.78 is 12.9. The van der Waals surface area contributed by atoms with E-state index < -0.39 is 17.6 Å². The molecular weight excluding hydrogens is 199 g/mol. The van der Waals surface area contributed by atoms with E-state index in [1.54, 1.807) is 0 Å². The largest absolute Gasteiger partial charge is 0.508 e. The van der Waals surface area contributed by atoms with Crippen LogP contribution in [0.4, 0.5) is 4.39 Å². The van der Waals surface area contributed by atoms with Gasteiger partial charge in [-0.3, -0.25) is 4.79 Å². The number of halogens is 1. The lowest BCUT2D eigenvalue weighted by molar-refractivity contribution is -0.121. The fourth-order valence-electron chi connectivity index (χ4n) is 1.34. The van der Waals surface area contributed by atoms with E-state index in [2.05, 4.69) is 0 Å². The quantitative estimate of drug-likeness (QED) is 0.662. The second-order valence-electron chi connectivity index (χ2n) is 3.36. The molecule has 0 fully saturated rings. The first-order chi connectivity index (χ1) is 7.02. The first kappa shape index (κ1) is 11.5. The van der Waals surface area contributed by atoms with E-state index in [0.29, 0.717) is 5.56 Å². The fourth-order valence-corrected chi connectivity index (χ4v) is 1.34. The van der Waals surface area contributed by atoms with Crippen molar-refractivity contribution < 1.29 is 14.3 Å². The van der Waals surface area contributed by atoms with Crippen molar-refractivity contribution in [1.82, 2.24) is 0 Å². The number of carbonyl (C=O) groups excluding carboxylic acids is 1. The van der Waals surface area contributed by atoms with Crippen molar-refractivity contribution in [2.45, 2.75) is 6.42 Å². The zero-order chi connectivity index (χ0) is 11.4. The minimum atomic E-state index is -0.551. The molecule has 0 aromatic heterocycles. The number of amides is 1. The molecule has 1 rings (SSSR count). The molecule has 5 N–H and O–H groups in total. The molecule has 0 spiro atoms. The molecule has 0 saturated carbocycles. The van der Waals surface area contributed by atoms with Gasteiger partial charge in [-0.1, -0.05) is 0 Å². The van der Waals surface area contributed by atoms with E-state index in [4.69, 9.17) is 16.6 Å². The van der Waals surface area contributed by atoms with Gasteiger partial charge in [0.1, 0.15) is 11.6 Å². The molecule has 1 unspecified atom stereocenters. The maximum atomic E-state index is 12.9. The molecule has 0 saturated heterocycles. The fraction of sp³-hybridized carbons (Fsp3) is 0.300. The summed E-state index contributed by atoms with van der Waals surface area (Å²) in [5.74, 6) is -1.79. The average Bonchev–Trinajstić information content (AvgIpc) is 2.12. The summed E-state index contributed by atoms with van der Waals surface area (Å²) in [6, 6.07) is 3.62. The maximum absolute atomic E-state index is 12.9. The van der Waals surface area contributed by atoms with Crippen molar-refractivity contribution in [3.05, 3.63) is 29.6 Å². The van der Waals surface area contributed by atoms with E-state index in [1.165, 1.54) is 12.1 Å². The average molecular weight is 212 g/mol. The first-order valence-electron chi connectivity index (χ1n) is 4.50. The second kappa shape index (κ2) is 4.75. The highest BCUT2D eigenvalue weighted by atomic mass is 19.1. The van der Waals surface area contributed by atoms with E-state index in [9.17, 15) is 9.18 Å². The third-order valence-electron chi connectivity index (χ3n) is 2.11. The number of phenolic OH excluding ortho intramolecular Hbond substituents is 1. The third-order valence-corrected chi connectivity index (χ3v) is 2.11. The zero-order valence-electron chi connectivity index (χ0n) is 8.11. The molecule has 1 aromatic carbocycles. The minimum Gasteiger partial charge on any atom is -0.508 e. The monoisotopic (exact) mass is 212 g/mol. The molecule has 0 radical (unpaired) electrons. The van der Waals surface area contributed by atoms with Crippen molar-refractivity contribution in [2.75, 3.05) is 6.54 Å². The Hall–Kier alpha value is -1.62. The van der Waals surface area contributed by atoms with Crippen LogP contribution in [0.15, 0.2) is 18.2 Å². The van der Waals surface area contributed by atoms with Gasteiger partial charge in [-0.2, -0.15) is 0 Å². The lowest BCUT2D eigenvalue weighted by Gasteiger charge is -2.10. The van der Waals surface area contributed by atoms with Crippen molar-refractivity contribution in [3.63, 3.8) is 0 Å². The lowest BCUT2D eigenvalue weighted by atomic mass is 9.98. The molecule has 0 aliphatic heterocycles. The number of primary amides is 1. The second-order valence-corrected chi connectivity index (χ2v) is 3.36. The molecule has 82 valence electrons. The summed E-state index contributed by atoms with van der Waals surface area (Å²) in [6.45, 7) is 0.104. The highest BCUT2D eigenvalue weighted by Gasteiger charge is 2.14. The molecular formula is C10H13FN2O2. The normalized spacial score (nSPS) is 12.4. The Labute approximate surface area is 86.7 Å². The molecule has 1 amide bonds. The van der Waals surface area contributed by atoms with Crippen LogP contribution >= 0.6 is 0 Å². The Bertz CT molecular complexity index is 348. The Morgan fingerprint density at radius 3 is 2.60 bits per heavy atom. The summed E-state index contributed by atoms with van der Waals surface area (Å²) >= 11 is 0. The number of nitrogens with two attached hydrogens (primary N) is 2. The van der Waals surface area contributed by atoms with Crippen LogP contribution in [0.1, 0.15) is 5.56 Å². The van der Waals surface area contributed by atoms with Gasteiger partial charge in [-0.15, -0.1) is 0 Å². The Morgan fingerprint density at radius 1 is 1.47 bits per heavy atom. The van der Waals surface area contributed by atoms with Crippen molar-refractivity contribution in [3.8, 4) is 5.75 Å². The van der Waals surface area contributed by atoms with Gasteiger partial charge in [0.05, 0.1) is 5.92 Å². The van der Waals surface area contributed by atoms with Crippen LogP contribution in [0.5, 0.6) is 5.75 Å². The van der Waals surface area contributed by atoms with Gasteiger partial charge >= 0.3 is 0 Å². The Morgan fingerprint density at radius 2 is 2.13 bits per heavy atom. The van der Waals surface area contributed by atoms with Gasteiger partial charge < -0.3 is 16.6 Å². The van der Waals surface area contributed by atoms with E-state index in [-0.39, 0.29) is 18.7 Å². The van der Waals surface area contributed by atoms with Crippen molar-refractivity contribution >= 4 is 5.91 Å². The summed E-state index contributed by atoms with van der Waals surface area (Å²) in [4.78, 5) is 10.9. The highest BCUT2D eigenvalue weighted by Crippen LogP contribution is 2.17. The lowest BCUT2D eigenvalue weighted by Crippen LogP contribution is -2.31. The van der Waals surface area contributed by atoms with Crippen LogP contribution in [0.3, 0.4) is 0 Å². The number of hydrogen-bond acceptors (Lipinski definition) is 3. The summed E-state index contributed by atoms with van der Waals surface area (Å²) in [7, 11) is 0. The van der Waals surface area contributed by atoms with Crippen LogP contribution in [-0.4, -0.2) is 17.6 Å². The number of phenols is 1. The molecule has 4 nitrogen and oxygen atoms in total. The maximum Gasteiger partial charge on any atom is 0.222 e. The topological polar surface area (TPSA) is 89.3 Å². The van der Waals surface area contributed by atoms with Gasteiger partial charge in [0, 0.05) is 12.6 Å². The standard InChI is InChI=1S/C10H13FN2O2/c11-8-2-6(3-9(14)4-8)1-7(5-12)10(13)15/h2-4,7,14H,1,5,12H2,(H2,13,15). The molecule has 1 atom stereocenters. The van der Waals surface area contributed by atoms with Crippen molar-refractivity contribution in [2.24, 2.45) is 17.4 Å². The molecule has 0 heterocycles. The van der Waals surface area contributed by atoms with Gasteiger partial charge in [-0.25, -0.2) is 4.39 Å². The zero-order valence-corrected chi connectivity index (χ0v) is 8.11. The van der Waals surface area contributed by atoms with Crippen LogP contribution in [-0.2, 0) is 11.2 Å². The van der Waals surface area contributed by atoms with Gasteiger partial charge in [0.25, 0.3) is 0 Å². The number of hydrogen-bond donors (Lipinski definition) is 3. The van der Waals surface area contributed by atoms with Crippen LogP contribution < -0.4 is 11.5 Å².